The summed E-state index contributed by atoms with van der Waals surface area (Å²) in [5, 5.41) is 11.8. The van der Waals surface area contributed by atoms with E-state index in [1.54, 1.807) is 10.5 Å². The minimum Gasteiger partial charge on any atom is -0.363 e. The molecule has 0 aliphatic rings. The van der Waals surface area contributed by atoms with Crippen molar-refractivity contribution in [1.82, 2.24) is 19.6 Å². The molecule has 0 aromatic carbocycles. The number of fused-ring (bicyclic) bond motifs is 1. The van der Waals surface area contributed by atoms with E-state index in [9.17, 15) is 4.79 Å². The minimum absolute atomic E-state index is 0.0538. The maximum absolute atomic E-state index is 12.2. The molecule has 6 nitrogen and oxygen atoms in total. The van der Waals surface area contributed by atoms with Gasteiger partial charge in [-0.15, -0.1) is 10.2 Å². The van der Waals surface area contributed by atoms with Gasteiger partial charge in [0.25, 0.3) is 5.56 Å². The summed E-state index contributed by atoms with van der Waals surface area (Å²) >= 11 is 3.01. The fourth-order valence-electron chi connectivity index (χ4n) is 1.94. The summed E-state index contributed by atoms with van der Waals surface area (Å²) in [5.41, 5.74) is 2.25. The second-order valence-electron chi connectivity index (χ2n) is 4.36. The summed E-state index contributed by atoms with van der Waals surface area (Å²) in [6, 6.07) is 7.21. The summed E-state index contributed by atoms with van der Waals surface area (Å²) in [6.45, 7) is 1.89. The highest BCUT2D eigenvalue weighted by atomic mass is 32.2. The van der Waals surface area contributed by atoms with Gasteiger partial charge < -0.3 is 5.32 Å². The molecule has 21 heavy (non-hydrogen) atoms. The molecule has 0 fully saturated rings. The molecule has 3 heterocycles. The number of nitrogens with one attached hydrogen (secondary N) is 1. The lowest BCUT2D eigenvalue weighted by atomic mass is 10.3. The number of aromatic nitrogens is 4. The number of thioether (sulfide) groups is 1. The molecule has 8 heteroatoms. The van der Waals surface area contributed by atoms with Crippen LogP contribution >= 0.6 is 23.1 Å². The van der Waals surface area contributed by atoms with Gasteiger partial charge in [0.05, 0.1) is 5.69 Å². The molecule has 0 unspecified atom stereocenters. The van der Waals surface area contributed by atoms with Crippen molar-refractivity contribution in [3.63, 3.8) is 0 Å². The van der Waals surface area contributed by atoms with Crippen molar-refractivity contribution in [2.75, 3.05) is 12.4 Å². The number of anilines is 1. The van der Waals surface area contributed by atoms with Crippen LogP contribution in [0, 0.1) is 6.92 Å². The number of hydrogen-bond acceptors (Lipinski definition) is 7. The summed E-state index contributed by atoms with van der Waals surface area (Å²) in [5.74, 6) is 0.595. The minimum atomic E-state index is -0.0538. The fraction of sp³-hybridized carbons (Fsp3) is 0.231. The Labute approximate surface area is 129 Å². The predicted molar refractivity (Wildman–Crippen MR) is 85.2 cm³/mol. The quantitative estimate of drug-likeness (QED) is 0.743. The Morgan fingerprint density at radius 3 is 3.00 bits per heavy atom. The van der Waals surface area contributed by atoms with E-state index in [0.717, 1.165) is 20.9 Å². The second-order valence-corrected chi connectivity index (χ2v) is 6.56. The van der Waals surface area contributed by atoms with Gasteiger partial charge in [0.15, 0.2) is 4.34 Å². The topological polar surface area (TPSA) is 72.2 Å². The van der Waals surface area contributed by atoms with E-state index in [0.29, 0.717) is 11.4 Å². The molecule has 0 saturated carbocycles. The van der Waals surface area contributed by atoms with Crippen LogP contribution in [0.3, 0.4) is 0 Å². The second kappa shape index (κ2) is 5.82. The van der Waals surface area contributed by atoms with E-state index in [1.165, 1.54) is 23.1 Å². The van der Waals surface area contributed by atoms with E-state index in [2.05, 4.69) is 20.5 Å². The molecule has 3 rings (SSSR count). The van der Waals surface area contributed by atoms with Crippen molar-refractivity contribution >= 4 is 33.9 Å². The van der Waals surface area contributed by atoms with Crippen molar-refractivity contribution in [3.05, 3.63) is 46.0 Å². The molecule has 0 atom stereocenters. The van der Waals surface area contributed by atoms with Crippen LogP contribution in [-0.2, 0) is 5.75 Å². The first-order chi connectivity index (χ1) is 10.2. The summed E-state index contributed by atoms with van der Waals surface area (Å²) < 4.78 is 2.46. The van der Waals surface area contributed by atoms with E-state index >= 15 is 0 Å². The first-order valence-corrected chi connectivity index (χ1v) is 8.10. The van der Waals surface area contributed by atoms with Crippen LogP contribution in [0.15, 0.2) is 33.4 Å². The number of nitrogens with zero attached hydrogens (tertiary/aromatic N) is 4. The van der Waals surface area contributed by atoms with Gasteiger partial charge in [-0.2, -0.15) is 0 Å². The van der Waals surface area contributed by atoms with Gasteiger partial charge in [0.2, 0.25) is 5.13 Å². The number of aryl methyl sites for hydroxylation is 1. The van der Waals surface area contributed by atoms with Crippen molar-refractivity contribution in [3.8, 4) is 0 Å². The van der Waals surface area contributed by atoms with Crippen LogP contribution in [0.2, 0.25) is 0 Å². The third-order valence-corrected chi connectivity index (χ3v) is 5.00. The SMILES string of the molecule is CNc1nnc(SCc2cc(=O)n3c(C)cccc3n2)s1. The Bertz CT molecular complexity index is 842. The van der Waals surface area contributed by atoms with E-state index < -0.39 is 0 Å². The zero-order valence-electron chi connectivity index (χ0n) is 11.5. The average molecular weight is 319 g/mol. The number of hydrogen-bond donors (Lipinski definition) is 1. The lowest BCUT2D eigenvalue weighted by Crippen LogP contribution is -2.17. The van der Waals surface area contributed by atoms with Gasteiger partial charge in [0, 0.05) is 24.6 Å². The summed E-state index contributed by atoms with van der Waals surface area (Å²) in [6.07, 6.45) is 0. The number of rotatable bonds is 4. The van der Waals surface area contributed by atoms with Crippen molar-refractivity contribution in [2.45, 2.75) is 17.0 Å². The van der Waals surface area contributed by atoms with Crippen LogP contribution < -0.4 is 10.9 Å². The Balaban J connectivity index is 1.86. The van der Waals surface area contributed by atoms with Crippen molar-refractivity contribution < 1.29 is 0 Å². The molecule has 0 radical (unpaired) electrons. The molecule has 0 amide bonds. The lowest BCUT2D eigenvalue weighted by molar-refractivity contribution is 0.967. The molecule has 0 aliphatic carbocycles. The van der Waals surface area contributed by atoms with Crippen LogP contribution in [0.1, 0.15) is 11.4 Å². The third kappa shape index (κ3) is 2.91. The molecule has 1 N–H and O–H groups in total. The Kier molecular flexibility index (Phi) is 3.89. The summed E-state index contributed by atoms with van der Waals surface area (Å²) in [7, 11) is 1.81. The third-order valence-electron chi connectivity index (χ3n) is 2.90. The van der Waals surface area contributed by atoms with Crippen LogP contribution in [0.5, 0.6) is 0 Å². The molecular formula is C13H13N5OS2. The predicted octanol–water partition coefficient (Wildman–Crippen LogP) is 2.19. The van der Waals surface area contributed by atoms with Crippen molar-refractivity contribution in [2.24, 2.45) is 0 Å². The smallest absolute Gasteiger partial charge is 0.258 e. The highest BCUT2D eigenvalue weighted by Gasteiger charge is 2.07. The molecule has 108 valence electrons. The molecule has 0 spiro atoms. The molecule has 3 aromatic rings. The maximum Gasteiger partial charge on any atom is 0.258 e. The molecule has 0 saturated heterocycles. The van der Waals surface area contributed by atoms with Gasteiger partial charge in [-0.3, -0.25) is 9.20 Å². The zero-order valence-corrected chi connectivity index (χ0v) is 13.2. The number of pyridine rings is 1. The standard InChI is InChI=1S/C13H13N5OS2/c1-8-4-3-5-10-15-9(6-11(19)18(8)10)7-20-13-17-16-12(14-2)21-13/h3-6H,7H2,1-2H3,(H,14,16). The van der Waals surface area contributed by atoms with Gasteiger partial charge >= 0.3 is 0 Å². The van der Waals surface area contributed by atoms with E-state index in [4.69, 9.17) is 0 Å². The fourth-order valence-corrected chi connectivity index (χ4v) is 3.54. The molecular weight excluding hydrogens is 306 g/mol. The largest absolute Gasteiger partial charge is 0.363 e. The zero-order chi connectivity index (χ0) is 14.8. The highest BCUT2D eigenvalue weighted by molar-refractivity contribution is 8.00. The Morgan fingerprint density at radius 2 is 2.24 bits per heavy atom. The van der Waals surface area contributed by atoms with E-state index in [-0.39, 0.29) is 5.56 Å². The van der Waals surface area contributed by atoms with Gasteiger partial charge in [0.1, 0.15) is 5.65 Å². The highest BCUT2D eigenvalue weighted by Crippen LogP contribution is 2.27. The summed E-state index contributed by atoms with van der Waals surface area (Å²) in [4.78, 5) is 16.7. The molecule has 3 aromatic heterocycles. The normalized spacial score (nSPS) is 11.0. The van der Waals surface area contributed by atoms with Gasteiger partial charge in [-0.1, -0.05) is 29.2 Å². The van der Waals surface area contributed by atoms with E-state index in [1.807, 2.05) is 32.2 Å². The van der Waals surface area contributed by atoms with Crippen LogP contribution in [0.4, 0.5) is 5.13 Å². The maximum atomic E-state index is 12.2. The first kappa shape index (κ1) is 14.0. The molecule has 0 aliphatic heterocycles. The van der Waals surface area contributed by atoms with Crippen LogP contribution in [-0.4, -0.2) is 26.6 Å². The Morgan fingerprint density at radius 1 is 1.38 bits per heavy atom. The molecule has 0 bridgehead atoms. The van der Waals surface area contributed by atoms with Gasteiger partial charge in [-0.25, -0.2) is 4.98 Å². The Hall–Kier alpha value is -1.93. The monoisotopic (exact) mass is 319 g/mol. The van der Waals surface area contributed by atoms with Gasteiger partial charge in [-0.05, 0) is 19.1 Å². The van der Waals surface area contributed by atoms with Crippen molar-refractivity contribution in [1.29, 1.82) is 0 Å². The average Bonchev–Trinajstić information content (AvgIpc) is 2.93. The first-order valence-electron chi connectivity index (χ1n) is 6.30. The lowest BCUT2D eigenvalue weighted by Gasteiger charge is -2.05. The van der Waals surface area contributed by atoms with Crippen LogP contribution in [0.25, 0.3) is 5.65 Å².